The summed E-state index contributed by atoms with van der Waals surface area (Å²) < 4.78 is 5.53. The van der Waals surface area contributed by atoms with Crippen molar-refractivity contribution in [3.8, 4) is 0 Å². The molecule has 1 fully saturated rings. The molecule has 2 rings (SSSR count). The zero-order valence-electron chi connectivity index (χ0n) is 8.04. The minimum Gasteiger partial charge on any atom is -0.466 e. The maximum absolute atomic E-state index is 11.3. The van der Waals surface area contributed by atoms with Gasteiger partial charge in [0, 0.05) is 18.3 Å². The van der Waals surface area contributed by atoms with Gasteiger partial charge in [-0.1, -0.05) is 6.92 Å². The highest BCUT2D eigenvalue weighted by Gasteiger charge is 2.33. The molecule has 2 atom stereocenters. The summed E-state index contributed by atoms with van der Waals surface area (Å²) in [5, 5.41) is 0. The molecule has 0 aromatic carbocycles. The minimum absolute atomic E-state index is 0.144. The second kappa shape index (κ2) is 3.02. The lowest BCUT2D eigenvalue weighted by molar-refractivity contribution is -0.120. The molecular formula is C11H14O2. The topological polar surface area (TPSA) is 30.2 Å². The van der Waals surface area contributed by atoms with Crippen LogP contribution in [0.2, 0.25) is 0 Å². The van der Waals surface area contributed by atoms with E-state index in [1.165, 1.54) is 0 Å². The van der Waals surface area contributed by atoms with E-state index < -0.39 is 0 Å². The number of furan rings is 1. The van der Waals surface area contributed by atoms with Crippen LogP contribution in [0, 0.1) is 12.8 Å². The van der Waals surface area contributed by atoms with Crippen molar-refractivity contribution in [2.75, 3.05) is 0 Å². The van der Waals surface area contributed by atoms with Gasteiger partial charge in [0.25, 0.3) is 0 Å². The fourth-order valence-electron chi connectivity index (χ4n) is 2.04. The van der Waals surface area contributed by atoms with Crippen molar-refractivity contribution >= 4 is 5.78 Å². The fraction of sp³-hybridized carbons (Fsp3) is 0.545. The highest BCUT2D eigenvalue weighted by atomic mass is 16.3. The van der Waals surface area contributed by atoms with Crippen LogP contribution >= 0.6 is 0 Å². The van der Waals surface area contributed by atoms with Gasteiger partial charge in [-0.25, -0.2) is 0 Å². The van der Waals surface area contributed by atoms with E-state index in [-0.39, 0.29) is 5.92 Å². The molecule has 1 aromatic heterocycles. The molecule has 1 aromatic rings. The molecule has 1 heterocycles. The quantitative estimate of drug-likeness (QED) is 0.661. The molecule has 0 radical (unpaired) electrons. The lowest BCUT2D eigenvalue weighted by Crippen LogP contribution is -2.07. The van der Waals surface area contributed by atoms with Crippen molar-refractivity contribution < 1.29 is 9.21 Å². The average Bonchev–Trinajstić information content (AvgIpc) is 2.62. The molecule has 2 nitrogen and oxygen atoms in total. The van der Waals surface area contributed by atoms with E-state index in [0.717, 1.165) is 17.9 Å². The van der Waals surface area contributed by atoms with Crippen LogP contribution in [0.1, 0.15) is 37.2 Å². The Hall–Kier alpha value is -1.05. The zero-order chi connectivity index (χ0) is 9.42. The molecular weight excluding hydrogens is 164 g/mol. The minimum atomic E-state index is 0.144. The third-order valence-corrected chi connectivity index (χ3v) is 2.94. The smallest absolute Gasteiger partial charge is 0.136 e. The second-order valence-corrected chi connectivity index (χ2v) is 3.85. The molecule has 13 heavy (non-hydrogen) atoms. The van der Waals surface area contributed by atoms with E-state index in [1.54, 1.807) is 0 Å². The lowest BCUT2D eigenvalue weighted by Gasteiger charge is -2.10. The van der Waals surface area contributed by atoms with Crippen molar-refractivity contribution in [3.05, 3.63) is 23.7 Å². The summed E-state index contributed by atoms with van der Waals surface area (Å²) in [6.07, 6.45) is 1.67. The first-order chi connectivity index (χ1) is 6.18. The molecule has 0 saturated heterocycles. The van der Waals surface area contributed by atoms with Gasteiger partial charge in [-0.3, -0.25) is 4.79 Å². The average molecular weight is 178 g/mol. The van der Waals surface area contributed by atoms with Gasteiger partial charge in [0.05, 0.1) is 0 Å². The van der Waals surface area contributed by atoms with Gasteiger partial charge in [-0.15, -0.1) is 0 Å². The Kier molecular flexibility index (Phi) is 1.98. The summed E-state index contributed by atoms with van der Waals surface area (Å²) in [6, 6.07) is 3.96. The Morgan fingerprint density at radius 2 is 2.23 bits per heavy atom. The van der Waals surface area contributed by atoms with Crippen LogP contribution in [0.3, 0.4) is 0 Å². The Labute approximate surface area is 77.9 Å². The van der Waals surface area contributed by atoms with Crippen molar-refractivity contribution in [1.29, 1.82) is 0 Å². The van der Waals surface area contributed by atoms with Gasteiger partial charge in [0.1, 0.15) is 17.3 Å². The van der Waals surface area contributed by atoms with Gasteiger partial charge in [0.15, 0.2) is 0 Å². The Morgan fingerprint density at radius 1 is 1.46 bits per heavy atom. The van der Waals surface area contributed by atoms with E-state index in [9.17, 15) is 4.79 Å². The van der Waals surface area contributed by atoms with E-state index in [2.05, 4.69) is 0 Å². The molecule has 0 amide bonds. The summed E-state index contributed by atoms with van der Waals surface area (Å²) in [5.41, 5.74) is 0. The Bertz CT molecular complexity index is 325. The predicted molar refractivity (Wildman–Crippen MR) is 49.6 cm³/mol. The van der Waals surface area contributed by atoms with E-state index in [4.69, 9.17) is 4.42 Å². The number of Topliss-reactive ketones (excluding diaryl/α,β-unsaturated/α-hetero) is 1. The van der Waals surface area contributed by atoms with Crippen molar-refractivity contribution in [2.45, 2.75) is 32.6 Å². The van der Waals surface area contributed by atoms with Crippen LogP contribution < -0.4 is 0 Å². The predicted octanol–water partition coefficient (Wildman–Crippen LogP) is 2.67. The SMILES string of the molecule is Cc1ccc(C2CCC(=O)C2C)o1. The van der Waals surface area contributed by atoms with Gasteiger partial charge >= 0.3 is 0 Å². The van der Waals surface area contributed by atoms with Crippen LogP contribution in [-0.2, 0) is 4.79 Å². The molecule has 0 N–H and O–H groups in total. The number of hydrogen-bond acceptors (Lipinski definition) is 2. The summed E-state index contributed by atoms with van der Waals surface area (Å²) in [7, 11) is 0. The van der Waals surface area contributed by atoms with Crippen LogP contribution in [0.15, 0.2) is 16.5 Å². The number of rotatable bonds is 1. The van der Waals surface area contributed by atoms with Crippen molar-refractivity contribution in [3.63, 3.8) is 0 Å². The summed E-state index contributed by atoms with van der Waals surface area (Å²) in [5.74, 6) is 2.75. The van der Waals surface area contributed by atoms with Crippen molar-refractivity contribution in [1.82, 2.24) is 0 Å². The monoisotopic (exact) mass is 178 g/mol. The zero-order valence-corrected chi connectivity index (χ0v) is 8.04. The largest absolute Gasteiger partial charge is 0.466 e. The molecule has 2 heteroatoms. The van der Waals surface area contributed by atoms with Crippen LogP contribution in [-0.4, -0.2) is 5.78 Å². The first-order valence-corrected chi connectivity index (χ1v) is 4.77. The molecule has 1 aliphatic rings. The van der Waals surface area contributed by atoms with Crippen LogP contribution in [0.4, 0.5) is 0 Å². The highest BCUT2D eigenvalue weighted by molar-refractivity contribution is 5.83. The van der Waals surface area contributed by atoms with E-state index in [1.807, 2.05) is 26.0 Å². The maximum Gasteiger partial charge on any atom is 0.136 e. The van der Waals surface area contributed by atoms with Gasteiger partial charge in [0.2, 0.25) is 0 Å². The molecule has 70 valence electrons. The number of aryl methyl sites for hydroxylation is 1. The van der Waals surface area contributed by atoms with E-state index in [0.29, 0.717) is 18.1 Å². The van der Waals surface area contributed by atoms with Crippen molar-refractivity contribution in [2.24, 2.45) is 5.92 Å². The van der Waals surface area contributed by atoms with Crippen LogP contribution in [0.5, 0.6) is 0 Å². The van der Waals surface area contributed by atoms with Crippen LogP contribution in [0.25, 0.3) is 0 Å². The molecule has 2 unspecified atom stereocenters. The molecule has 0 aliphatic heterocycles. The van der Waals surface area contributed by atoms with E-state index >= 15 is 0 Å². The first kappa shape index (κ1) is 8.54. The third-order valence-electron chi connectivity index (χ3n) is 2.94. The standard InChI is InChI=1S/C11H14O2/c1-7-3-6-11(13-7)9-4-5-10(12)8(9)2/h3,6,8-9H,4-5H2,1-2H3. The number of carbonyl (C=O) groups is 1. The lowest BCUT2D eigenvalue weighted by atomic mass is 9.95. The Balaban J connectivity index is 2.23. The summed E-state index contributed by atoms with van der Waals surface area (Å²) in [6.45, 7) is 3.93. The third kappa shape index (κ3) is 1.41. The first-order valence-electron chi connectivity index (χ1n) is 4.77. The summed E-state index contributed by atoms with van der Waals surface area (Å²) >= 11 is 0. The summed E-state index contributed by atoms with van der Waals surface area (Å²) in [4.78, 5) is 11.3. The van der Waals surface area contributed by atoms with Gasteiger partial charge in [-0.2, -0.15) is 0 Å². The molecule has 0 bridgehead atoms. The number of carbonyl (C=O) groups excluding carboxylic acids is 1. The van der Waals surface area contributed by atoms with Gasteiger partial charge in [-0.05, 0) is 25.5 Å². The van der Waals surface area contributed by atoms with Gasteiger partial charge < -0.3 is 4.42 Å². The number of hydrogen-bond donors (Lipinski definition) is 0. The normalized spacial score (nSPS) is 28.3. The Morgan fingerprint density at radius 3 is 2.69 bits per heavy atom. The molecule has 1 aliphatic carbocycles. The maximum atomic E-state index is 11.3. The highest BCUT2D eigenvalue weighted by Crippen LogP contribution is 2.37. The molecule has 1 saturated carbocycles. The second-order valence-electron chi connectivity index (χ2n) is 3.85. The number of ketones is 1. The fourth-order valence-corrected chi connectivity index (χ4v) is 2.04. The molecule has 0 spiro atoms.